The molecule has 2 aromatic heterocycles. The quantitative estimate of drug-likeness (QED) is 0.807. The minimum absolute atomic E-state index is 0.0863. The summed E-state index contributed by atoms with van der Waals surface area (Å²) in [6, 6.07) is 3.59. The van der Waals surface area contributed by atoms with Crippen molar-refractivity contribution in [2.24, 2.45) is 11.8 Å². The number of rotatable bonds is 2. The second-order valence-electron chi connectivity index (χ2n) is 6.88. The van der Waals surface area contributed by atoms with E-state index < -0.39 is 12.1 Å². The maximum atomic E-state index is 12.5. The maximum Gasteiger partial charge on any atom is 0.490 e. The van der Waals surface area contributed by atoms with Crippen LogP contribution in [-0.2, 0) is 4.79 Å². The lowest BCUT2D eigenvalue weighted by atomic mass is 10.0. The Bertz CT molecular complexity index is 857. The second kappa shape index (κ2) is 8.10. The number of hydrogen-bond donors (Lipinski definition) is 1. The zero-order chi connectivity index (χ0) is 21.2. The zero-order valence-corrected chi connectivity index (χ0v) is 15.5. The van der Waals surface area contributed by atoms with Crippen LogP contribution < -0.4 is 4.90 Å². The summed E-state index contributed by atoms with van der Waals surface area (Å²) >= 11 is 0. The molecule has 0 aliphatic carbocycles. The van der Waals surface area contributed by atoms with Gasteiger partial charge in [0.1, 0.15) is 5.76 Å². The molecule has 2 atom stereocenters. The van der Waals surface area contributed by atoms with E-state index in [0.717, 1.165) is 32.1 Å². The smallest absolute Gasteiger partial charge is 0.475 e. The summed E-state index contributed by atoms with van der Waals surface area (Å²) in [6.07, 6.45) is 0.0375. The van der Waals surface area contributed by atoms with Crippen LogP contribution in [0.2, 0.25) is 0 Å². The summed E-state index contributed by atoms with van der Waals surface area (Å²) in [5.74, 6) is -0.183. The average molecular weight is 412 g/mol. The van der Waals surface area contributed by atoms with Crippen molar-refractivity contribution in [3.05, 3.63) is 42.1 Å². The molecule has 2 unspecified atom stereocenters. The van der Waals surface area contributed by atoms with Gasteiger partial charge in [0.05, 0.1) is 11.8 Å². The monoisotopic (exact) mass is 412 g/mol. The summed E-state index contributed by atoms with van der Waals surface area (Å²) in [6.45, 7) is 5.28. The van der Waals surface area contributed by atoms with Crippen LogP contribution in [0.3, 0.4) is 0 Å². The molecule has 2 aliphatic heterocycles. The summed E-state index contributed by atoms with van der Waals surface area (Å²) in [7, 11) is 0. The van der Waals surface area contributed by atoms with Crippen molar-refractivity contribution in [3.8, 4) is 0 Å². The average Bonchev–Trinajstić information content (AvgIpc) is 3.36. The summed E-state index contributed by atoms with van der Waals surface area (Å²) in [5, 5.41) is 7.12. The first-order valence-corrected chi connectivity index (χ1v) is 8.82. The van der Waals surface area contributed by atoms with Gasteiger partial charge in [0.25, 0.3) is 5.91 Å². The molecule has 0 radical (unpaired) electrons. The fourth-order valence-corrected chi connectivity index (χ4v) is 3.55. The van der Waals surface area contributed by atoms with Crippen molar-refractivity contribution < 1.29 is 32.3 Å². The topological polar surface area (TPSA) is 99.8 Å². The van der Waals surface area contributed by atoms with Crippen LogP contribution in [0.1, 0.15) is 16.1 Å². The number of aromatic nitrogens is 2. The Balaban J connectivity index is 0.000000298. The SMILES string of the molecule is Cc1occc1C(=O)N1CC2CN(c3ncccn3)CC2C1.O=C(O)C(F)(F)F. The van der Waals surface area contributed by atoms with Crippen LogP contribution >= 0.6 is 0 Å². The molecule has 156 valence electrons. The number of carbonyl (C=O) groups excluding carboxylic acids is 1. The first-order valence-electron chi connectivity index (χ1n) is 8.82. The molecule has 4 heterocycles. The Labute approximate surface area is 163 Å². The predicted molar refractivity (Wildman–Crippen MR) is 94.3 cm³/mol. The van der Waals surface area contributed by atoms with Gasteiger partial charge in [-0.15, -0.1) is 0 Å². The predicted octanol–water partition coefficient (Wildman–Crippen LogP) is 2.22. The number of nitrogens with zero attached hydrogens (tertiary/aromatic N) is 4. The van der Waals surface area contributed by atoms with E-state index in [1.807, 2.05) is 17.9 Å². The van der Waals surface area contributed by atoms with Crippen molar-refractivity contribution in [2.75, 3.05) is 31.1 Å². The molecule has 4 rings (SSSR count). The summed E-state index contributed by atoms with van der Waals surface area (Å²) in [5.41, 5.74) is 0.684. The molecule has 1 N–H and O–H groups in total. The number of aryl methyl sites for hydroxylation is 1. The maximum absolute atomic E-state index is 12.5. The number of alkyl halides is 3. The molecular weight excluding hydrogens is 393 g/mol. The van der Waals surface area contributed by atoms with Crippen molar-refractivity contribution in [1.82, 2.24) is 14.9 Å². The van der Waals surface area contributed by atoms with Gasteiger partial charge in [0, 0.05) is 50.4 Å². The lowest BCUT2D eigenvalue weighted by Gasteiger charge is -2.21. The molecule has 2 saturated heterocycles. The van der Waals surface area contributed by atoms with Crippen LogP contribution in [0.5, 0.6) is 0 Å². The molecule has 8 nitrogen and oxygen atoms in total. The first-order chi connectivity index (χ1) is 13.7. The zero-order valence-electron chi connectivity index (χ0n) is 15.5. The van der Waals surface area contributed by atoms with Gasteiger partial charge in [-0.2, -0.15) is 13.2 Å². The van der Waals surface area contributed by atoms with Gasteiger partial charge in [-0.05, 0) is 19.1 Å². The van der Waals surface area contributed by atoms with E-state index in [9.17, 15) is 18.0 Å². The third-order valence-electron chi connectivity index (χ3n) is 4.94. The Morgan fingerprint density at radius 3 is 2.14 bits per heavy atom. The van der Waals surface area contributed by atoms with Gasteiger partial charge in [-0.25, -0.2) is 14.8 Å². The molecule has 0 aromatic carbocycles. The molecule has 1 amide bonds. The fourth-order valence-electron chi connectivity index (χ4n) is 3.55. The number of furan rings is 1. The Kier molecular flexibility index (Phi) is 5.76. The van der Waals surface area contributed by atoms with E-state index in [1.165, 1.54) is 0 Å². The van der Waals surface area contributed by atoms with Gasteiger partial charge in [0.15, 0.2) is 0 Å². The van der Waals surface area contributed by atoms with Crippen LogP contribution in [0.15, 0.2) is 35.2 Å². The number of carboxylic acid groups (broad SMARTS) is 1. The molecule has 0 bridgehead atoms. The molecule has 29 heavy (non-hydrogen) atoms. The largest absolute Gasteiger partial charge is 0.490 e. The highest BCUT2D eigenvalue weighted by molar-refractivity contribution is 5.95. The fraction of sp³-hybridized carbons (Fsp3) is 0.444. The molecule has 0 saturated carbocycles. The van der Waals surface area contributed by atoms with Gasteiger partial charge < -0.3 is 19.3 Å². The number of hydrogen-bond acceptors (Lipinski definition) is 6. The second-order valence-corrected chi connectivity index (χ2v) is 6.88. The minimum atomic E-state index is -5.08. The van der Waals surface area contributed by atoms with Crippen molar-refractivity contribution in [1.29, 1.82) is 0 Å². The van der Waals surface area contributed by atoms with Gasteiger partial charge in [-0.1, -0.05) is 0 Å². The standard InChI is InChI=1S/C16H18N4O2.C2HF3O2/c1-11-14(3-6-22-11)15(21)19-7-12-9-20(10-13(12)8-19)16-17-4-2-5-18-16;3-2(4,5)1(6)7/h2-6,12-13H,7-10H2,1H3;(H,6,7). The normalized spacial score (nSPS) is 20.8. The van der Waals surface area contributed by atoms with Gasteiger partial charge in [-0.3, -0.25) is 4.79 Å². The Hall–Kier alpha value is -3.11. The van der Waals surface area contributed by atoms with Crippen molar-refractivity contribution in [3.63, 3.8) is 0 Å². The lowest BCUT2D eigenvalue weighted by Crippen LogP contribution is -2.33. The molecule has 2 aromatic rings. The number of halogens is 3. The summed E-state index contributed by atoms with van der Waals surface area (Å²) in [4.78, 5) is 34.2. The van der Waals surface area contributed by atoms with E-state index in [2.05, 4.69) is 14.9 Å². The van der Waals surface area contributed by atoms with Crippen LogP contribution in [0.25, 0.3) is 0 Å². The Morgan fingerprint density at radius 2 is 1.69 bits per heavy atom. The van der Waals surface area contributed by atoms with Crippen LogP contribution in [-0.4, -0.2) is 64.2 Å². The highest BCUT2D eigenvalue weighted by Gasteiger charge is 2.42. The third kappa shape index (κ3) is 4.66. The van der Waals surface area contributed by atoms with Gasteiger partial charge >= 0.3 is 12.1 Å². The van der Waals surface area contributed by atoms with E-state index >= 15 is 0 Å². The van der Waals surface area contributed by atoms with Crippen LogP contribution in [0.4, 0.5) is 19.1 Å². The number of carbonyl (C=O) groups is 2. The number of aliphatic carboxylic acids is 1. The lowest BCUT2D eigenvalue weighted by molar-refractivity contribution is -0.192. The van der Waals surface area contributed by atoms with E-state index in [1.54, 1.807) is 24.7 Å². The van der Waals surface area contributed by atoms with E-state index in [4.69, 9.17) is 14.3 Å². The summed E-state index contributed by atoms with van der Waals surface area (Å²) < 4.78 is 37.0. The molecule has 11 heteroatoms. The Morgan fingerprint density at radius 1 is 1.14 bits per heavy atom. The highest BCUT2D eigenvalue weighted by atomic mass is 19.4. The molecule has 0 spiro atoms. The van der Waals surface area contributed by atoms with E-state index in [0.29, 0.717) is 23.2 Å². The molecule has 2 fully saturated rings. The number of fused-ring (bicyclic) bond motifs is 1. The number of anilines is 1. The molecular formula is C18H19F3N4O4. The molecule has 2 aliphatic rings. The minimum Gasteiger partial charge on any atom is -0.475 e. The number of amides is 1. The number of likely N-dealkylation sites (tertiary alicyclic amines) is 1. The first kappa shape index (κ1) is 20.6. The van der Waals surface area contributed by atoms with Crippen molar-refractivity contribution in [2.45, 2.75) is 13.1 Å². The highest BCUT2D eigenvalue weighted by Crippen LogP contribution is 2.33. The number of carboxylic acids is 1. The van der Waals surface area contributed by atoms with Gasteiger partial charge in [0.2, 0.25) is 5.95 Å². The van der Waals surface area contributed by atoms with E-state index in [-0.39, 0.29) is 5.91 Å². The van der Waals surface area contributed by atoms with Crippen LogP contribution in [0, 0.1) is 18.8 Å². The third-order valence-corrected chi connectivity index (χ3v) is 4.94. The van der Waals surface area contributed by atoms with Crippen molar-refractivity contribution >= 4 is 17.8 Å².